The summed E-state index contributed by atoms with van der Waals surface area (Å²) in [6.07, 6.45) is 3.64. The van der Waals surface area contributed by atoms with Gasteiger partial charge in [-0.25, -0.2) is 0 Å². The van der Waals surface area contributed by atoms with Crippen LogP contribution in [0.25, 0.3) is 11.8 Å². The van der Waals surface area contributed by atoms with Crippen LogP contribution in [-0.4, -0.2) is 26.2 Å². The Bertz CT molecular complexity index is 959. The first-order valence-corrected chi connectivity index (χ1v) is 10.5. The Morgan fingerprint density at radius 1 is 1.27 bits per heavy atom. The van der Waals surface area contributed by atoms with Crippen molar-refractivity contribution in [2.45, 2.75) is 20.8 Å². The number of hydrogen-bond acceptors (Lipinski definition) is 3. The molecule has 1 fully saturated rings. The number of benzene rings is 1. The zero-order chi connectivity index (χ0) is 19.0. The molecule has 26 heavy (non-hydrogen) atoms. The maximum atomic E-state index is 12.6. The predicted molar refractivity (Wildman–Crippen MR) is 123 cm³/mol. The van der Waals surface area contributed by atoms with Gasteiger partial charge in [0.15, 0.2) is 0 Å². The van der Waals surface area contributed by atoms with Crippen LogP contribution >= 0.6 is 46.6 Å². The van der Waals surface area contributed by atoms with Crippen molar-refractivity contribution in [3.63, 3.8) is 0 Å². The van der Waals surface area contributed by atoms with Gasteiger partial charge in [-0.1, -0.05) is 30.1 Å². The van der Waals surface area contributed by atoms with E-state index >= 15 is 0 Å². The van der Waals surface area contributed by atoms with Crippen molar-refractivity contribution in [3.8, 4) is 5.69 Å². The van der Waals surface area contributed by atoms with E-state index in [4.69, 9.17) is 12.2 Å². The lowest BCUT2D eigenvalue weighted by Crippen LogP contribution is -2.27. The Labute approximate surface area is 177 Å². The first-order valence-electron chi connectivity index (χ1n) is 8.15. The van der Waals surface area contributed by atoms with Gasteiger partial charge in [0.25, 0.3) is 5.91 Å². The van der Waals surface area contributed by atoms with Crippen molar-refractivity contribution in [2.75, 3.05) is 6.54 Å². The average Bonchev–Trinajstić information content (AvgIpc) is 3.01. The Balaban J connectivity index is 2.01. The van der Waals surface area contributed by atoms with Crippen LogP contribution in [0.4, 0.5) is 0 Å². The van der Waals surface area contributed by atoms with E-state index in [1.165, 1.54) is 20.9 Å². The maximum Gasteiger partial charge on any atom is 0.266 e. The molecule has 134 valence electrons. The van der Waals surface area contributed by atoms with Gasteiger partial charge in [-0.15, -0.1) is 6.58 Å². The van der Waals surface area contributed by atoms with Gasteiger partial charge in [-0.3, -0.25) is 9.69 Å². The van der Waals surface area contributed by atoms with Gasteiger partial charge >= 0.3 is 0 Å². The molecule has 1 amide bonds. The molecule has 1 saturated heterocycles. The molecular formula is C20H19IN2OS2. The minimum atomic E-state index is -0.0465. The van der Waals surface area contributed by atoms with Crippen molar-refractivity contribution in [3.05, 3.63) is 67.9 Å². The predicted octanol–water partition coefficient (Wildman–Crippen LogP) is 5.39. The number of thioether (sulfide) groups is 1. The highest BCUT2D eigenvalue weighted by Gasteiger charge is 2.31. The largest absolute Gasteiger partial charge is 0.318 e. The van der Waals surface area contributed by atoms with E-state index in [1.54, 1.807) is 11.0 Å². The number of thiocarbonyl (C=S) groups is 1. The number of aromatic nitrogens is 1. The van der Waals surface area contributed by atoms with Crippen molar-refractivity contribution in [1.82, 2.24) is 9.47 Å². The van der Waals surface area contributed by atoms with Gasteiger partial charge in [-0.05, 0) is 84.8 Å². The first-order chi connectivity index (χ1) is 12.3. The molecule has 0 spiro atoms. The number of carbonyl (C=O) groups is 1. The highest BCUT2D eigenvalue weighted by molar-refractivity contribution is 14.1. The summed E-state index contributed by atoms with van der Waals surface area (Å²) in [5, 5.41) is 0. The van der Waals surface area contributed by atoms with E-state index in [0.717, 1.165) is 22.6 Å². The third kappa shape index (κ3) is 3.54. The molecule has 0 atom stereocenters. The van der Waals surface area contributed by atoms with E-state index < -0.39 is 0 Å². The molecule has 0 bridgehead atoms. The van der Waals surface area contributed by atoms with Crippen LogP contribution < -0.4 is 0 Å². The fourth-order valence-electron chi connectivity index (χ4n) is 3.03. The van der Waals surface area contributed by atoms with Gasteiger partial charge in [0.05, 0.1) is 4.91 Å². The van der Waals surface area contributed by atoms with Crippen LogP contribution in [-0.2, 0) is 4.79 Å². The Hall–Kier alpha value is -1.38. The summed E-state index contributed by atoms with van der Waals surface area (Å²) in [6, 6.07) is 8.56. The quantitative estimate of drug-likeness (QED) is 0.247. The molecule has 3 nitrogen and oxygen atoms in total. The fourth-order valence-corrected chi connectivity index (χ4v) is 4.63. The lowest BCUT2D eigenvalue weighted by molar-refractivity contribution is -0.121. The van der Waals surface area contributed by atoms with Crippen molar-refractivity contribution >= 4 is 62.9 Å². The molecule has 0 N–H and O–H groups in total. The summed E-state index contributed by atoms with van der Waals surface area (Å²) in [7, 11) is 0. The Kier molecular flexibility index (Phi) is 5.74. The molecule has 1 aliphatic rings. The Morgan fingerprint density at radius 2 is 2.00 bits per heavy atom. The van der Waals surface area contributed by atoms with E-state index in [0.29, 0.717) is 15.8 Å². The Morgan fingerprint density at radius 3 is 2.65 bits per heavy atom. The van der Waals surface area contributed by atoms with E-state index in [2.05, 4.69) is 78.8 Å². The fraction of sp³-hybridized carbons (Fsp3) is 0.200. The SMILES string of the molecule is C=CCN1C(=O)C(=Cc2cc(C)n(-c3ccc(I)c(C)c3)c2C)SC1=S. The topological polar surface area (TPSA) is 25.2 Å². The lowest BCUT2D eigenvalue weighted by atomic mass is 10.2. The molecule has 0 unspecified atom stereocenters. The van der Waals surface area contributed by atoms with Crippen LogP contribution in [0, 0.1) is 24.3 Å². The van der Waals surface area contributed by atoms with Crippen molar-refractivity contribution < 1.29 is 4.79 Å². The standard InChI is InChI=1S/C20H19IN2OS2/c1-5-8-22-19(24)18(26-20(22)25)11-15-10-13(3)23(14(15)4)16-6-7-17(21)12(2)9-16/h5-7,9-11H,1,8H2,2-4H3. The normalized spacial score (nSPS) is 16.0. The molecule has 1 aromatic heterocycles. The summed E-state index contributed by atoms with van der Waals surface area (Å²) in [5.41, 5.74) is 5.67. The van der Waals surface area contributed by atoms with Gasteiger partial charge in [-0.2, -0.15) is 0 Å². The second kappa shape index (κ2) is 7.70. The van der Waals surface area contributed by atoms with E-state index in [9.17, 15) is 4.79 Å². The van der Waals surface area contributed by atoms with Crippen molar-refractivity contribution in [1.29, 1.82) is 0 Å². The summed E-state index contributed by atoms with van der Waals surface area (Å²) >= 11 is 9.01. The van der Waals surface area contributed by atoms with E-state index in [-0.39, 0.29) is 5.91 Å². The van der Waals surface area contributed by atoms with Gasteiger partial charge in [0, 0.05) is 27.2 Å². The minimum absolute atomic E-state index is 0.0465. The molecule has 1 aromatic carbocycles. The molecular weight excluding hydrogens is 475 g/mol. The highest BCUT2D eigenvalue weighted by atomic mass is 127. The number of halogens is 1. The molecule has 2 aromatic rings. The number of nitrogens with zero attached hydrogens (tertiary/aromatic N) is 2. The van der Waals surface area contributed by atoms with Crippen LogP contribution in [0.15, 0.2) is 41.8 Å². The third-order valence-electron chi connectivity index (χ3n) is 4.34. The first kappa shape index (κ1) is 19.4. The van der Waals surface area contributed by atoms with Gasteiger partial charge in [0.1, 0.15) is 4.32 Å². The smallest absolute Gasteiger partial charge is 0.266 e. The second-order valence-corrected chi connectivity index (χ2v) is 9.01. The summed E-state index contributed by atoms with van der Waals surface area (Å²) in [5.74, 6) is -0.0465. The maximum absolute atomic E-state index is 12.6. The number of aryl methyl sites for hydroxylation is 2. The average molecular weight is 494 g/mol. The van der Waals surface area contributed by atoms with Crippen molar-refractivity contribution in [2.24, 2.45) is 0 Å². The number of carbonyl (C=O) groups excluding carboxylic acids is 1. The molecule has 0 aliphatic carbocycles. The van der Waals surface area contributed by atoms with E-state index in [1.807, 2.05) is 6.08 Å². The van der Waals surface area contributed by atoms with Crippen LogP contribution in [0.2, 0.25) is 0 Å². The highest BCUT2D eigenvalue weighted by Crippen LogP contribution is 2.34. The van der Waals surface area contributed by atoms with Crippen LogP contribution in [0.5, 0.6) is 0 Å². The molecule has 1 aliphatic heterocycles. The zero-order valence-electron chi connectivity index (χ0n) is 14.9. The molecule has 6 heteroatoms. The van der Waals surface area contributed by atoms with Crippen LogP contribution in [0.3, 0.4) is 0 Å². The third-order valence-corrected chi connectivity index (χ3v) is 6.93. The zero-order valence-corrected chi connectivity index (χ0v) is 18.7. The molecule has 0 saturated carbocycles. The summed E-state index contributed by atoms with van der Waals surface area (Å²) < 4.78 is 4.06. The number of hydrogen-bond donors (Lipinski definition) is 0. The van der Waals surface area contributed by atoms with Gasteiger partial charge < -0.3 is 4.57 Å². The monoisotopic (exact) mass is 494 g/mol. The summed E-state index contributed by atoms with van der Waals surface area (Å²) in [4.78, 5) is 14.8. The number of rotatable bonds is 4. The second-order valence-electron chi connectivity index (χ2n) is 6.18. The minimum Gasteiger partial charge on any atom is -0.318 e. The number of amides is 1. The lowest BCUT2D eigenvalue weighted by Gasteiger charge is -2.11. The van der Waals surface area contributed by atoms with Gasteiger partial charge in [0.2, 0.25) is 0 Å². The molecule has 3 rings (SSSR count). The molecule has 0 radical (unpaired) electrons. The van der Waals surface area contributed by atoms with Crippen LogP contribution in [0.1, 0.15) is 22.5 Å². The summed E-state index contributed by atoms with van der Waals surface area (Å²) in [6.45, 7) is 10.4. The molecule has 2 heterocycles.